The minimum atomic E-state index is -0.00108. The van der Waals surface area contributed by atoms with Gasteiger partial charge < -0.3 is 19.9 Å². The number of carbonyl (C=O) groups is 1. The van der Waals surface area contributed by atoms with E-state index in [0.717, 1.165) is 38.4 Å². The number of amides is 2. The highest BCUT2D eigenvalue weighted by atomic mass is 16.5. The molecule has 22 heavy (non-hydrogen) atoms. The summed E-state index contributed by atoms with van der Waals surface area (Å²) in [6, 6.07) is 0.124. The summed E-state index contributed by atoms with van der Waals surface area (Å²) < 4.78 is 5.66. The lowest BCUT2D eigenvalue weighted by Gasteiger charge is -2.38. The van der Waals surface area contributed by atoms with E-state index in [9.17, 15) is 4.79 Å². The minimum absolute atomic E-state index is 0.00108. The number of rotatable bonds is 3. The summed E-state index contributed by atoms with van der Waals surface area (Å²) in [6.45, 7) is 3.66. The van der Waals surface area contributed by atoms with Crippen LogP contribution >= 0.6 is 0 Å². The maximum atomic E-state index is 12.4. The number of aromatic nitrogens is 2. The first-order valence-corrected chi connectivity index (χ1v) is 8.08. The van der Waals surface area contributed by atoms with Gasteiger partial charge >= 0.3 is 6.03 Å². The molecule has 0 spiro atoms. The van der Waals surface area contributed by atoms with E-state index in [1.54, 1.807) is 6.20 Å². The predicted octanol–water partition coefficient (Wildman–Crippen LogP) is 0.977. The molecule has 0 bridgehead atoms. The van der Waals surface area contributed by atoms with Crippen molar-refractivity contribution in [3.8, 4) is 0 Å². The fraction of sp³-hybridized carbons (Fsp3) is 0.733. The van der Waals surface area contributed by atoms with Crippen LogP contribution in [0.1, 0.15) is 31.1 Å². The first-order chi connectivity index (χ1) is 10.7. The number of carbonyl (C=O) groups excluding carboxylic acids is 1. The second-order valence-corrected chi connectivity index (χ2v) is 6.09. The Kier molecular flexibility index (Phi) is 4.94. The molecule has 7 heteroatoms. The number of hydrogen-bond acceptors (Lipinski definition) is 4. The zero-order chi connectivity index (χ0) is 15.4. The molecule has 2 atom stereocenters. The highest BCUT2D eigenvalue weighted by Gasteiger charge is 2.30. The number of aromatic amines is 1. The number of urea groups is 1. The van der Waals surface area contributed by atoms with Crippen molar-refractivity contribution < 1.29 is 9.53 Å². The molecule has 0 unspecified atom stereocenters. The number of ether oxygens (including phenoxy) is 1. The summed E-state index contributed by atoms with van der Waals surface area (Å²) in [5, 5.41) is 3.02. The van der Waals surface area contributed by atoms with Gasteiger partial charge in [-0.25, -0.2) is 9.78 Å². The number of likely N-dealkylation sites (N-methyl/N-ethyl adjacent to an activating group) is 1. The van der Waals surface area contributed by atoms with Gasteiger partial charge in [-0.05, 0) is 26.3 Å². The van der Waals surface area contributed by atoms with Crippen molar-refractivity contribution in [1.82, 2.24) is 25.1 Å². The molecule has 1 aromatic rings. The van der Waals surface area contributed by atoms with Gasteiger partial charge in [0.15, 0.2) is 0 Å². The second kappa shape index (κ2) is 7.11. The van der Waals surface area contributed by atoms with Crippen LogP contribution in [0.3, 0.4) is 0 Å². The van der Waals surface area contributed by atoms with Crippen molar-refractivity contribution in [2.24, 2.45) is 0 Å². The molecule has 2 aliphatic rings. The number of imidazole rings is 1. The van der Waals surface area contributed by atoms with Crippen LogP contribution in [-0.4, -0.2) is 71.7 Å². The molecule has 3 rings (SSSR count). The quantitative estimate of drug-likeness (QED) is 0.873. The third-order valence-electron chi connectivity index (χ3n) is 4.53. The van der Waals surface area contributed by atoms with Crippen LogP contribution < -0.4 is 5.32 Å². The summed E-state index contributed by atoms with van der Waals surface area (Å²) in [5.74, 6) is 0.913. The fourth-order valence-corrected chi connectivity index (χ4v) is 3.09. The Morgan fingerprint density at radius 1 is 1.50 bits per heavy atom. The molecule has 2 aliphatic heterocycles. The Balaban J connectivity index is 1.51. The van der Waals surface area contributed by atoms with Crippen LogP contribution in [0.25, 0.3) is 0 Å². The fourth-order valence-electron chi connectivity index (χ4n) is 3.09. The Morgan fingerprint density at radius 2 is 2.41 bits per heavy atom. The lowest BCUT2D eigenvalue weighted by molar-refractivity contribution is 0.0170. The highest BCUT2D eigenvalue weighted by molar-refractivity contribution is 5.74. The third kappa shape index (κ3) is 3.59. The molecular formula is C15H25N5O2. The number of piperazine rings is 1. The van der Waals surface area contributed by atoms with Crippen LogP contribution in [0.5, 0.6) is 0 Å². The van der Waals surface area contributed by atoms with Gasteiger partial charge in [0.1, 0.15) is 5.82 Å². The van der Waals surface area contributed by atoms with Crippen LogP contribution in [0.2, 0.25) is 0 Å². The molecule has 122 valence electrons. The molecule has 7 nitrogen and oxygen atoms in total. The Morgan fingerprint density at radius 3 is 3.14 bits per heavy atom. The maximum Gasteiger partial charge on any atom is 0.317 e. The van der Waals surface area contributed by atoms with Crippen LogP contribution in [0.4, 0.5) is 4.79 Å². The van der Waals surface area contributed by atoms with Gasteiger partial charge in [0, 0.05) is 45.2 Å². The lowest BCUT2D eigenvalue weighted by atomic mass is 10.1. The molecule has 2 N–H and O–H groups in total. The van der Waals surface area contributed by atoms with Crippen molar-refractivity contribution in [2.45, 2.75) is 31.4 Å². The maximum absolute atomic E-state index is 12.4. The predicted molar refractivity (Wildman–Crippen MR) is 82.5 cm³/mol. The third-order valence-corrected chi connectivity index (χ3v) is 4.53. The molecule has 1 aromatic heterocycles. The van der Waals surface area contributed by atoms with Gasteiger partial charge in [-0.15, -0.1) is 0 Å². The molecule has 0 aliphatic carbocycles. The zero-order valence-corrected chi connectivity index (χ0v) is 13.1. The van der Waals surface area contributed by atoms with Crippen molar-refractivity contribution in [1.29, 1.82) is 0 Å². The highest BCUT2D eigenvalue weighted by Crippen LogP contribution is 2.21. The van der Waals surface area contributed by atoms with Gasteiger partial charge in [0.25, 0.3) is 0 Å². The van der Waals surface area contributed by atoms with Crippen molar-refractivity contribution >= 4 is 6.03 Å². The lowest BCUT2D eigenvalue weighted by Crippen LogP contribution is -2.53. The largest absolute Gasteiger partial charge is 0.376 e. The molecular weight excluding hydrogens is 282 g/mol. The smallest absolute Gasteiger partial charge is 0.317 e. The average molecular weight is 307 g/mol. The summed E-state index contributed by atoms with van der Waals surface area (Å²) in [7, 11) is 2.07. The minimum Gasteiger partial charge on any atom is -0.376 e. The molecule has 3 heterocycles. The SMILES string of the molecule is CN1CCN(C(=O)NC[C@H]2CCCCO2)C[C@@H]1c1ncc[nH]1. The van der Waals surface area contributed by atoms with Gasteiger partial charge in [-0.2, -0.15) is 0 Å². The number of hydrogen-bond donors (Lipinski definition) is 2. The van der Waals surface area contributed by atoms with E-state index in [-0.39, 0.29) is 18.2 Å². The summed E-state index contributed by atoms with van der Waals surface area (Å²) in [6.07, 6.45) is 7.11. The van der Waals surface area contributed by atoms with E-state index in [0.29, 0.717) is 13.1 Å². The standard InChI is InChI=1S/C15H25N5O2/c1-19-7-8-20(11-13(19)14-16-5-6-17-14)15(21)18-10-12-4-2-3-9-22-12/h5-6,12-13H,2-4,7-11H2,1H3,(H,16,17)(H,18,21)/t12-,13-/m1/s1. The van der Waals surface area contributed by atoms with Crippen molar-refractivity contribution in [3.05, 3.63) is 18.2 Å². The first kappa shape index (κ1) is 15.3. The van der Waals surface area contributed by atoms with Crippen LogP contribution in [0, 0.1) is 0 Å². The first-order valence-electron chi connectivity index (χ1n) is 8.08. The van der Waals surface area contributed by atoms with Gasteiger partial charge in [0.2, 0.25) is 0 Å². The van der Waals surface area contributed by atoms with E-state index < -0.39 is 0 Å². The molecule has 0 radical (unpaired) electrons. The van der Waals surface area contributed by atoms with Crippen molar-refractivity contribution in [2.75, 3.05) is 39.8 Å². The Bertz CT molecular complexity index is 472. The monoisotopic (exact) mass is 307 g/mol. The Labute approximate surface area is 131 Å². The number of H-pyrrole nitrogens is 1. The molecule has 2 fully saturated rings. The van der Waals surface area contributed by atoms with E-state index in [1.165, 1.54) is 6.42 Å². The van der Waals surface area contributed by atoms with E-state index >= 15 is 0 Å². The van der Waals surface area contributed by atoms with Crippen LogP contribution in [0.15, 0.2) is 12.4 Å². The van der Waals surface area contributed by atoms with Gasteiger partial charge in [-0.3, -0.25) is 4.90 Å². The van der Waals surface area contributed by atoms with Crippen LogP contribution in [-0.2, 0) is 4.74 Å². The molecule has 2 saturated heterocycles. The van der Waals surface area contributed by atoms with E-state index in [4.69, 9.17) is 4.74 Å². The van der Waals surface area contributed by atoms with E-state index in [1.807, 2.05) is 11.1 Å². The Hall–Kier alpha value is -1.60. The average Bonchev–Trinajstić information content (AvgIpc) is 3.08. The van der Waals surface area contributed by atoms with Crippen molar-refractivity contribution in [3.63, 3.8) is 0 Å². The summed E-state index contributed by atoms with van der Waals surface area (Å²) in [4.78, 5) is 24.0. The summed E-state index contributed by atoms with van der Waals surface area (Å²) >= 11 is 0. The van der Waals surface area contributed by atoms with Gasteiger partial charge in [0.05, 0.1) is 12.1 Å². The second-order valence-electron chi connectivity index (χ2n) is 6.09. The molecule has 0 aromatic carbocycles. The zero-order valence-electron chi connectivity index (χ0n) is 13.1. The van der Waals surface area contributed by atoms with Gasteiger partial charge in [-0.1, -0.05) is 0 Å². The van der Waals surface area contributed by atoms with E-state index in [2.05, 4.69) is 27.2 Å². The molecule has 0 saturated carbocycles. The topological polar surface area (TPSA) is 73.5 Å². The number of nitrogens with one attached hydrogen (secondary N) is 2. The summed E-state index contributed by atoms with van der Waals surface area (Å²) in [5.41, 5.74) is 0. The normalized spacial score (nSPS) is 26.9. The number of nitrogens with zero attached hydrogens (tertiary/aromatic N) is 3. The molecule has 2 amide bonds.